The van der Waals surface area contributed by atoms with Crippen molar-refractivity contribution >= 4 is 42.1 Å². The molecule has 7 heteroatoms. The molecule has 1 heterocycles. The van der Waals surface area contributed by atoms with Crippen LogP contribution in [-0.2, 0) is 24.2 Å². The Bertz CT molecular complexity index is 706. The lowest BCUT2D eigenvalue weighted by atomic mass is 9.74. The van der Waals surface area contributed by atoms with Crippen LogP contribution >= 0.6 is 36.2 Å². The fourth-order valence-electron chi connectivity index (χ4n) is 3.53. The maximum absolute atomic E-state index is 12.5. The average Bonchev–Trinajstić information content (AvgIpc) is 3.06. The fraction of sp³-hybridized carbons (Fsp3) is 0.500. The number of aromatic nitrogens is 1. The number of carbonyl (C=O) groups is 1. The maximum Gasteiger partial charge on any atom is 0.225 e. The third-order valence-electron chi connectivity index (χ3n) is 5.08. The molecule has 0 radical (unpaired) electrons. The molecule has 1 saturated carbocycles. The summed E-state index contributed by atoms with van der Waals surface area (Å²) >= 11 is 1.67. The molecule has 0 aliphatic heterocycles. The Kier molecular flexibility index (Phi) is 9.74. The number of nitrogens with one attached hydrogen (secondary N) is 1. The average molecular weight is 430 g/mol. The van der Waals surface area contributed by atoms with Gasteiger partial charge in [0.2, 0.25) is 5.91 Å². The van der Waals surface area contributed by atoms with Gasteiger partial charge in [0.1, 0.15) is 0 Å². The summed E-state index contributed by atoms with van der Waals surface area (Å²) in [6.45, 7) is 2.49. The zero-order valence-corrected chi connectivity index (χ0v) is 18.1. The molecule has 1 aliphatic carbocycles. The molecular weight excluding hydrogens is 401 g/mol. The van der Waals surface area contributed by atoms with Crippen molar-refractivity contribution in [2.45, 2.75) is 57.5 Å². The van der Waals surface area contributed by atoms with E-state index in [1.54, 1.807) is 11.3 Å². The summed E-state index contributed by atoms with van der Waals surface area (Å²) in [7, 11) is 0. The van der Waals surface area contributed by atoms with Crippen LogP contribution in [0.3, 0.4) is 0 Å². The molecule has 2 atom stereocenters. The molecule has 3 N–H and O–H groups in total. The van der Waals surface area contributed by atoms with Gasteiger partial charge in [-0.2, -0.15) is 0 Å². The predicted octanol–water partition coefficient (Wildman–Crippen LogP) is 4.30. The van der Waals surface area contributed by atoms with Crippen molar-refractivity contribution in [3.8, 4) is 0 Å². The Morgan fingerprint density at radius 2 is 2.00 bits per heavy atom. The number of rotatable bonds is 6. The Labute approximate surface area is 178 Å². The number of thiazole rings is 1. The standard InChI is InChI=1S/C20H27N3OS.2ClH/c1-20(21)12-6-5-9-17(20)19(24)22-13-16-14-25-18(23-16)11-10-15-7-3-2-4-8-15;;/h2-4,7-8,14,17H,5-6,9-13,21H2,1H3,(H,22,24);2*1H. The van der Waals surface area contributed by atoms with Crippen molar-refractivity contribution in [3.63, 3.8) is 0 Å². The summed E-state index contributed by atoms with van der Waals surface area (Å²) in [5.41, 5.74) is 8.20. The number of benzene rings is 1. The molecule has 0 saturated heterocycles. The summed E-state index contributed by atoms with van der Waals surface area (Å²) in [4.78, 5) is 17.1. The van der Waals surface area contributed by atoms with Crippen molar-refractivity contribution in [1.82, 2.24) is 10.3 Å². The van der Waals surface area contributed by atoms with Crippen molar-refractivity contribution in [3.05, 3.63) is 52.0 Å². The minimum absolute atomic E-state index is 0. The molecule has 1 aliphatic rings. The van der Waals surface area contributed by atoms with Gasteiger partial charge in [-0.1, -0.05) is 43.2 Å². The topological polar surface area (TPSA) is 68.0 Å². The van der Waals surface area contributed by atoms with Crippen LogP contribution < -0.4 is 11.1 Å². The van der Waals surface area contributed by atoms with Crippen molar-refractivity contribution in [2.75, 3.05) is 0 Å². The molecule has 3 rings (SSSR count). The molecule has 0 spiro atoms. The van der Waals surface area contributed by atoms with E-state index in [-0.39, 0.29) is 42.2 Å². The first-order valence-corrected chi connectivity index (χ1v) is 9.96. The summed E-state index contributed by atoms with van der Waals surface area (Å²) in [5.74, 6) is -0.0130. The highest BCUT2D eigenvalue weighted by atomic mass is 35.5. The molecule has 2 aromatic rings. The van der Waals surface area contributed by atoms with Gasteiger partial charge in [-0.25, -0.2) is 4.98 Å². The molecule has 1 fully saturated rings. The monoisotopic (exact) mass is 429 g/mol. The van der Waals surface area contributed by atoms with Gasteiger partial charge in [-0.05, 0) is 31.7 Å². The number of halogens is 2. The Morgan fingerprint density at radius 3 is 2.70 bits per heavy atom. The van der Waals surface area contributed by atoms with E-state index in [1.165, 1.54) is 5.56 Å². The lowest BCUT2D eigenvalue weighted by Crippen LogP contribution is -2.52. The first-order valence-electron chi connectivity index (χ1n) is 9.08. The van der Waals surface area contributed by atoms with Gasteiger partial charge in [0.15, 0.2) is 0 Å². The second kappa shape index (κ2) is 11.0. The number of aryl methyl sites for hydroxylation is 2. The van der Waals surface area contributed by atoms with Gasteiger partial charge in [-0.3, -0.25) is 4.79 Å². The maximum atomic E-state index is 12.5. The number of hydrogen-bond donors (Lipinski definition) is 2. The first-order chi connectivity index (χ1) is 12.0. The molecule has 0 bridgehead atoms. The number of nitrogens with two attached hydrogens (primary N) is 1. The summed E-state index contributed by atoms with van der Waals surface area (Å²) < 4.78 is 0. The third kappa shape index (κ3) is 6.75. The Balaban J connectivity index is 0.00000182. The van der Waals surface area contributed by atoms with Crippen LogP contribution in [0.15, 0.2) is 35.7 Å². The smallest absolute Gasteiger partial charge is 0.225 e. The number of carbonyl (C=O) groups excluding carboxylic acids is 1. The molecule has 1 aromatic heterocycles. The number of nitrogens with zero attached hydrogens (tertiary/aromatic N) is 1. The molecule has 1 amide bonds. The molecule has 2 unspecified atom stereocenters. The van der Waals surface area contributed by atoms with E-state index in [0.29, 0.717) is 6.54 Å². The van der Waals surface area contributed by atoms with E-state index < -0.39 is 0 Å². The van der Waals surface area contributed by atoms with Crippen LogP contribution in [0.1, 0.15) is 48.9 Å². The van der Waals surface area contributed by atoms with Crippen LogP contribution in [-0.4, -0.2) is 16.4 Å². The fourth-order valence-corrected chi connectivity index (χ4v) is 4.33. The molecule has 4 nitrogen and oxygen atoms in total. The van der Waals surface area contributed by atoms with Gasteiger partial charge in [0.25, 0.3) is 0 Å². The van der Waals surface area contributed by atoms with Crippen LogP contribution in [0.5, 0.6) is 0 Å². The predicted molar refractivity (Wildman–Crippen MR) is 117 cm³/mol. The lowest BCUT2D eigenvalue weighted by Gasteiger charge is -2.37. The summed E-state index contributed by atoms with van der Waals surface area (Å²) in [6.07, 6.45) is 5.95. The van der Waals surface area contributed by atoms with E-state index >= 15 is 0 Å². The lowest BCUT2D eigenvalue weighted by molar-refractivity contribution is -0.128. The van der Waals surface area contributed by atoms with Crippen LogP contribution in [0.25, 0.3) is 0 Å². The van der Waals surface area contributed by atoms with E-state index in [1.807, 2.05) is 18.4 Å². The normalized spacial score (nSPS) is 21.6. The van der Waals surface area contributed by atoms with Gasteiger partial charge in [0, 0.05) is 17.3 Å². The van der Waals surface area contributed by atoms with E-state index in [9.17, 15) is 4.79 Å². The minimum atomic E-state index is -0.384. The van der Waals surface area contributed by atoms with Gasteiger partial charge in [0.05, 0.1) is 23.2 Å². The second-order valence-corrected chi connectivity index (χ2v) is 8.18. The van der Waals surface area contributed by atoms with Crippen molar-refractivity contribution in [1.29, 1.82) is 0 Å². The number of hydrogen-bond acceptors (Lipinski definition) is 4. The van der Waals surface area contributed by atoms with Crippen LogP contribution in [0.4, 0.5) is 0 Å². The molecule has 1 aromatic carbocycles. The van der Waals surface area contributed by atoms with E-state index in [0.717, 1.165) is 49.2 Å². The minimum Gasteiger partial charge on any atom is -0.350 e. The molecule has 150 valence electrons. The summed E-state index contributed by atoms with van der Waals surface area (Å²) in [5, 5.41) is 6.20. The zero-order valence-electron chi connectivity index (χ0n) is 15.6. The quantitative estimate of drug-likeness (QED) is 0.718. The SMILES string of the molecule is CC1(N)CCCCC1C(=O)NCc1csc(CCc2ccccc2)n1.Cl.Cl. The third-order valence-corrected chi connectivity index (χ3v) is 6.04. The van der Waals surface area contributed by atoms with Gasteiger partial charge < -0.3 is 11.1 Å². The van der Waals surface area contributed by atoms with Crippen LogP contribution in [0, 0.1) is 5.92 Å². The highest BCUT2D eigenvalue weighted by molar-refractivity contribution is 7.09. The highest BCUT2D eigenvalue weighted by Gasteiger charge is 2.37. The number of amides is 1. The van der Waals surface area contributed by atoms with Crippen molar-refractivity contribution in [2.24, 2.45) is 11.7 Å². The summed E-state index contributed by atoms with van der Waals surface area (Å²) in [6, 6.07) is 10.4. The molecule has 27 heavy (non-hydrogen) atoms. The first kappa shape index (κ1) is 23.9. The second-order valence-electron chi connectivity index (χ2n) is 7.24. The van der Waals surface area contributed by atoms with Gasteiger partial charge >= 0.3 is 0 Å². The Hall–Kier alpha value is -1.14. The van der Waals surface area contributed by atoms with Gasteiger partial charge in [-0.15, -0.1) is 36.2 Å². The van der Waals surface area contributed by atoms with E-state index in [4.69, 9.17) is 5.73 Å². The Morgan fingerprint density at radius 1 is 1.26 bits per heavy atom. The van der Waals surface area contributed by atoms with E-state index in [2.05, 4.69) is 34.6 Å². The van der Waals surface area contributed by atoms with Crippen molar-refractivity contribution < 1.29 is 4.79 Å². The van der Waals surface area contributed by atoms with Crippen LogP contribution in [0.2, 0.25) is 0 Å². The highest BCUT2D eigenvalue weighted by Crippen LogP contribution is 2.31. The zero-order chi connectivity index (χ0) is 17.7. The molecular formula is C20H29Cl2N3OS. The largest absolute Gasteiger partial charge is 0.350 e.